The lowest BCUT2D eigenvalue weighted by atomic mass is 10.0. The SMILES string of the molecule is C=CCC(C)(O)C(=O)NC. The number of aliphatic hydroxyl groups is 1. The van der Waals surface area contributed by atoms with Crippen molar-refractivity contribution in [1.82, 2.24) is 5.32 Å². The molecule has 0 aliphatic carbocycles. The Labute approximate surface area is 60.7 Å². The van der Waals surface area contributed by atoms with Gasteiger partial charge in [0.15, 0.2) is 0 Å². The maximum Gasteiger partial charge on any atom is 0.251 e. The van der Waals surface area contributed by atoms with Crippen LogP contribution in [0.4, 0.5) is 0 Å². The van der Waals surface area contributed by atoms with Crippen LogP contribution in [0.25, 0.3) is 0 Å². The number of amides is 1. The Kier molecular flexibility index (Phi) is 3.09. The molecule has 0 spiro atoms. The molecule has 1 unspecified atom stereocenters. The van der Waals surface area contributed by atoms with Crippen LogP contribution in [0, 0.1) is 0 Å². The summed E-state index contributed by atoms with van der Waals surface area (Å²) in [4.78, 5) is 10.8. The second-order valence-corrected chi connectivity index (χ2v) is 2.35. The van der Waals surface area contributed by atoms with Crippen LogP contribution in [-0.4, -0.2) is 23.7 Å². The molecule has 10 heavy (non-hydrogen) atoms. The number of likely N-dealkylation sites (N-methyl/N-ethyl adjacent to an activating group) is 1. The second kappa shape index (κ2) is 3.37. The highest BCUT2D eigenvalue weighted by Crippen LogP contribution is 2.08. The predicted molar refractivity (Wildman–Crippen MR) is 39.5 cm³/mol. The van der Waals surface area contributed by atoms with Gasteiger partial charge in [-0.1, -0.05) is 6.08 Å². The molecule has 3 heteroatoms. The molecule has 0 aromatic heterocycles. The van der Waals surface area contributed by atoms with Gasteiger partial charge in [-0.25, -0.2) is 0 Å². The van der Waals surface area contributed by atoms with Crippen LogP contribution in [0.5, 0.6) is 0 Å². The van der Waals surface area contributed by atoms with Gasteiger partial charge < -0.3 is 10.4 Å². The molecule has 1 atom stereocenters. The van der Waals surface area contributed by atoms with Crippen LogP contribution < -0.4 is 5.32 Å². The van der Waals surface area contributed by atoms with Gasteiger partial charge in [-0.3, -0.25) is 4.79 Å². The van der Waals surface area contributed by atoms with E-state index in [2.05, 4.69) is 11.9 Å². The zero-order chi connectivity index (χ0) is 8.20. The van der Waals surface area contributed by atoms with Crippen molar-refractivity contribution in [2.24, 2.45) is 0 Å². The molecular formula is C7H13NO2. The molecule has 0 aliphatic heterocycles. The van der Waals surface area contributed by atoms with E-state index in [4.69, 9.17) is 0 Å². The summed E-state index contributed by atoms with van der Waals surface area (Å²) in [6.07, 6.45) is 1.78. The van der Waals surface area contributed by atoms with Crippen molar-refractivity contribution in [2.75, 3.05) is 7.05 Å². The standard InChI is InChI=1S/C7H13NO2/c1-4-5-7(2,10)6(9)8-3/h4,10H,1,5H2,2-3H3,(H,8,9). The molecule has 0 radical (unpaired) electrons. The summed E-state index contributed by atoms with van der Waals surface area (Å²) in [5.74, 6) is -0.382. The van der Waals surface area contributed by atoms with Crippen LogP contribution in [-0.2, 0) is 4.79 Å². The topological polar surface area (TPSA) is 49.3 Å². The fraction of sp³-hybridized carbons (Fsp3) is 0.571. The first-order chi connectivity index (χ1) is 4.54. The highest BCUT2D eigenvalue weighted by atomic mass is 16.3. The third kappa shape index (κ3) is 2.19. The Hall–Kier alpha value is -0.830. The highest BCUT2D eigenvalue weighted by Gasteiger charge is 2.26. The molecule has 3 nitrogen and oxygen atoms in total. The quantitative estimate of drug-likeness (QED) is 0.549. The molecule has 0 saturated heterocycles. The minimum absolute atomic E-state index is 0.271. The highest BCUT2D eigenvalue weighted by molar-refractivity contribution is 5.84. The van der Waals surface area contributed by atoms with Gasteiger partial charge in [-0.2, -0.15) is 0 Å². The van der Waals surface area contributed by atoms with Gasteiger partial charge in [-0.05, 0) is 6.92 Å². The molecule has 0 aromatic rings. The zero-order valence-electron chi connectivity index (χ0n) is 6.35. The summed E-state index contributed by atoms with van der Waals surface area (Å²) in [6, 6.07) is 0. The minimum atomic E-state index is -1.31. The van der Waals surface area contributed by atoms with Crippen molar-refractivity contribution in [1.29, 1.82) is 0 Å². The van der Waals surface area contributed by atoms with Gasteiger partial charge in [0.25, 0.3) is 5.91 Å². The Morgan fingerprint density at radius 3 is 2.70 bits per heavy atom. The largest absolute Gasteiger partial charge is 0.380 e. The van der Waals surface area contributed by atoms with Gasteiger partial charge in [0, 0.05) is 13.5 Å². The maximum absolute atomic E-state index is 10.8. The molecule has 0 aromatic carbocycles. The van der Waals surface area contributed by atoms with E-state index in [1.165, 1.54) is 20.0 Å². The van der Waals surface area contributed by atoms with Gasteiger partial charge in [0.05, 0.1) is 0 Å². The first-order valence-corrected chi connectivity index (χ1v) is 3.10. The molecule has 0 rings (SSSR count). The first-order valence-electron chi connectivity index (χ1n) is 3.10. The Balaban J connectivity index is 4.08. The third-order valence-corrected chi connectivity index (χ3v) is 1.26. The van der Waals surface area contributed by atoms with Crippen molar-refractivity contribution in [3.05, 3.63) is 12.7 Å². The van der Waals surface area contributed by atoms with E-state index in [9.17, 15) is 9.90 Å². The van der Waals surface area contributed by atoms with E-state index in [0.29, 0.717) is 0 Å². The average Bonchev–Trinajstić information content (AvgIpc) is 1.86. The van der Waals surface area contributed by atoms with E-state index < -0.39 is 5.60 Å². The van der Waals surface area contributed by atoms with Crippen LogP contribution in [0.15, 0.2) is 12.7 Å². The monoisotopic (exact) mass is 143 g/mol. The van der Waals surface area contributed by atoms with Crippen LogP contribution >= 0.6 is 0 Å². The fourth-order valence-corrected chi connectivity index (χ4v) is 0.643. The molecule has 1 amide bonds. The van der Waals surface area contributed by atoms with Gasteiger partial charge in [0.2, 0.25) is 0 Å². The third-order valence-electron chi connectivity index (χ3n) is 1.26. The van der Waals surface area contributed by atoms with Crippen molar-refractivity contribution in [3.8, 4) is 0 Å². The summed E-state index contributed by atoms with van der Waals surface area (Å²) in [6.45, 7) is 4.87. The van der Waals surface area contributed by atoms with E-state index in [1.807, 2.05) is 0 Å². The molecule has 0 aliphatic rings. The van der Waals surface area contributed by atoms with E-state index >= 15 is 0 Å². The first kappa shape index (κ1) is 9.17. The smallest absolute Gasteiger partial charge is 0.251 e. The van der Waals surface area contributed by atoms with Crippen LogP contribution in [0.2, 0.25) is 0 Å². The molecule has 0 heterocycles. The molecular weight excluding hydrogens is 130 g/mol. The van der Waals surface area contributed by atoms with Gasteiger partial charge in [0.1, 0.15) is 5.60 Å². The molecule has 0 saturated carbocycles. The number of carbonyl (C=O) groups is 1. The maximum atomic E-state index is 10.8. The summed E-state index contributed by atoms with van der Waals surface area (Å²) in [5.41, 5.74) is -1.31. The van der Waals surface area contributed by atoms with Crippen LogP contribution in [0.1, 0.15) is 13.3 Å². The lowest BCUT2D eigenvalue weighted by Crippen LogP contribution is -2.42. The van der Waals surface area contributed by atoms with Crippen molar-refractivity contribution in [2.45, 2.75) is 18.9 Å². The molecule has 58 valence electrons. The number of carbonyl (C=O) groups excluding carboxylic acids is 1. The summed E-state index contributed by atoms with van der Waals surface area (Å²) >= 11 is 0. The van der Waals surface area contributed by atoms with E-state index in [0.717, 1.165) is 0 Å². The summed E-state index contributed by atoms with van der Waals surface area (Å²) < 4.78 is 0. The Bertz CT molecular complexity index is 141. The number of hydrogen-bond donors (Lipinski definition) is 2. The van der Waals surface area contributed by atoms with Crippen molar-refractivity contribution < 1.29 is 9.90 Å². The van der Waals surface area contributed by atoms with Crippen molar-refractivity contribution >= 4 is 5.91 Å². The minimum Gasteiger partial charge on any atom is -0.380 e. The van der Waals surface area contributed by atoms with Crippen LogP contribution in [0.3, 0.4) is 0 Å². The lowest BCUT2D eigenvalue weighted by Gasteiger charge is -2.18. The molecule has 0 bridgehead atoms. The number of nitrogens with one attached hydrogen (secondary N) is 1. The Morgan fingerprint density at radius 1 is 1.90 bits per heavy atom. The molecule has 2 N–H and O–H groups in total. The lowest BCUT2D eigenvalue weighted by molar-refractivity contribution is -0.137. The number of hydrogen-bond acceptors (Lipinski definition) is 2. The number of rotatable bonds is 3. The summed E-state index contributed by atoms with van der Waals surface area (Å²) in [7, 11) is 1.49. The Morgan fingerprint density at radius 2 is 2.40 bits per heavy atom. The van der Waals surface area contributed by atoms with Gasteiger partial charge in [-0.15, -0.1) is 6.58 Å². The van der Waals surface area contributed by atoms with Crippen molar-refractivity contribution in [3.63, 3.8) is 0 Å². The van der Waals surface area contributed by atoms with E-state index in [1.54, 1.807) is 0 Å². The normalized spacial score (nSPS) is 15.5. The fourth-order valence-electron chi connectivity index (χ4n) is 0.643. The van der Waals surface area contributed by atoms with E-state index in [-0.39, 0.29) is 12.3 Å². The predicted octanol–water partition coefficient (Wildman–Crippen LogP) is 0.0595. The zero-order valence-corrected chi connectivity index (χ0v) is 6.35. The second-order valence-electron chi connectivity index (χ2n) is 2.35. The average molecular weight is 143 g/mol. The molecule has 0 fully saturated rings. The van der Waals surface area contributed by atoms with Gasteiger partial charge >= 0.3 is 0 Å². The summed E-state index contributed by atoms with van der Waals surface area (Å²) in [5, 5.41) is 11.7.